The van der Waals surface area contributed by atoms with Crippen molar-refractivity contribution in [3.8, 4) is 0 Å². The second-order valence-corrected chi connectivity index (χ2v) is 13.0. The molecule has 0 aliphatic carbocycles. The molecule has 0 saturated heterocycles. The number of aliphatic carboxylic acids is 1. The van der Waals surface area contributed by atoms with Gasteiger partial charge in [0.15, 0.2) is 0 Å². The zero-order chi connectivity index (χ0) is 34.8. The summed E-state index contributed by atoms with van der Waals surface area (Å²) in [6.45, 7) is 3.36. The summed E-state index contributed by atoms with van der Waals surface area (Å²) in [7, 11) is 0. The summed E-state index contributed by atoms with van der Waals surface area (Å²) in [5.74, 6) is -2.39. The largest absolute Gasteiger partial charge is 0.480 e. The maximum absolute atomic E-state index is 12.5. The Kier molecular flexibility index (Phi) is 31.8. The first-order valence-corrected chi connectivity index (χ1v) is 19.1. The molecular weight excluding hydrogens is 596 g/mol. The lowest BCUT2D eigenvalue weighted by atomic mass is 10.0. The molecule has 0 aliphatic heterocycles. The van der Waals surface area contributed by atoms with Crippen LogP contribution < -0.4 is 10.6 Å². The highest BCUT2D eigenvalue weighted by molar-refractivity contribution is 5.87. The molecule has 0 heterocycles. The van der Waals surface area contributed by atoms with Gasteiger partial charge in [-0.15, -0.1) is 0 Å². The molecule has 0 aromatic heterocycles. The number of carboxylic acids is 1. The molecule has 4 N–H and O–H groups in total. The Hall–Kier alpha value is -2.42. The third-order valence-electron chi connectivity index (χ3n) is 8.51. The number of esters is 1. The number of nitrogens with one attached hydrogen (secondary N) is 2. The van der Waals surface area contributed by atoms with Crippen molar-refractivity contribution >= 4 is 23.8 Å². The maximum Gasteiger partial charge on any atom is 0.328 e. The summed E-state index contributed by atoms with van der Waals surface area (Å²) >= 11 is 0. The first-order chi connectivity index (χ1) is 22.8. The minimum Gasteiger partial charge on any atom is -0.480 e. The van der Waals surface area contributed by atoms with E-state index in [0.717, 1.165) is 57.8 Å². The molecule has 0 fully saturated rings. The molecule has 0 bridgehead atoms. The predicted molar refractivity (Wildman–Crippen MR) is 190 cm³/mol. The van der Waals surface area contributed by atoms with Crippen LogP contribution in [0.25, 0.3) is 0 Å². The van der Waals surface area contributed by atoms with Crippen LogP contribution in [0.5, 0.6) is 0 Å². The normalized spacial score (nSPS) is 12.6. The van der Waals surface area contributed by atoms with Crippen molar-refractivity contribution in [2.45, 2.75) is 193 Å². The second-order valence-electron chi connectivity index (χ2n) is 13.0. The molecule has 2 amide bonds. The number of allylic oxidation sites excluding steroid dienone is 2. The van der Waals surface area contributed by atoms with E-state index in [1.165, 1.54) is 89.9 Å². The summed E-state index contributed by atoms with van der Waals surface area (Å²) in [5, 5.41) is 22.4. The third-order valence-corrected chi connectivity index (χ3v) is 8.51. The van der Waals surface area contributed by atoms with E-state index in [-0.39, 0.29) is 30.9 Å². The summed E-state index contributed by atoms with van der Waals surface area (Å²) in [6.07, 6.45) is 32.8. The lowest BCUT2D eigenvalue weighted by Gasteiger charge is -2.18. The fourth-order valence-electron chi connectivity index (χ4n) is 5.53. The van der Waals surface area contributed by atoms with Crippen molar-refractivity contribution in [2.24, 2.45) is 0 Å². The van der Waals surface area contributed by atoms with E-state index in [4.69, 9.17) is 14.9 Å². The predicted octanol–water partition coefficient (Wildman–Crippen LogP) is 8.31. The monoisotopic (exact) mass is 667 g/mol. The topological polar surface area (TPSA) is 142 Å². The Bertz CT molecular complexity index is 818. The van der Waals surface area contributed by atoms with Crippen LogP contribution in [0.3, 0.4) is 0 Å². The number of aliphatic hydroxyl groups is 1. The van der Waals surface area contributed by atoms with Crippen molar-refractivity contribution in [1.29, 1.82) is 0 Å². The molecule has 0 spiro atoms. The van der Waals surface area contributed by atoms with Gasteiger partial charge in [0, 0.05) is 12.8 Å². The molecule has 47 heavy (non-hydrogen) atoms. The van der Waals surface area contributed by atoms with Crippen molar-refractivity contribution in [3.05, 3.63) is 12.2 Å². The van der Waals surface area contributed by atoms with Gasteiger partial charge in [-0.1, -0.05) is 116 Å². The summed E-state index contributed by atoms with van der Waals surface area (Å²) in [5.41, 5.74) is 0. The molecule has 9 nitrogen and oxygen atoms in total. The number of amides is 2. The highest BCUT2D eigenvalue weighted by Gasteiger charge is 2.19. The number of hydrogen-bond donors (Lipinski definition) is 4. The molecule has 0 radical (unpaired) electrons. The zero-order valence-corrected chi connectivity index (χ0v) is 30.0. The first-order valence-electron chi connectivity index (χ1n) is 19.1. The van der Waals surface area contributed by atoms with Crippen LogP contribution in [0.2, 0.25) is 0 Å². The lowest BCUT2D eigenvalue weighted by molar-refractivity contribution is -0.150. The van der Waals surface area contributed by atoms with Crippen LogP contribution in [-0.4, -0.2) is 59.3 Å². The van der Waals surface area contributed by atoms with Gasteiger partial charge in [-0.25, -0.2) is 4.79 Å². The minimum atomic E-state index is -1.39. The fourth-order valence-corrected chi connectivity index (χ4v) is 5.53. The lowest BCUT2D eigenvalue weighted by Crippen LogP contribution is -2.47. The zero-order valence-electron chi connectivity index (χ0n) is 30.0. The summed E-state index contributed by atoms with van der Waals surface area (Å²) in [6, 6.07) is -1.39. The molecule has 0 rings (SSSR count). The van der Waals surface area contributed by atoms with Crippen molar-refractivity contribution in [2.75, 3.05) is 13.2 Å². The number of rotatable bonds is 34. The second kappa shape index (κ2) is 33.5. The molecule has 0 aromatic rings. The van der Waals surface area contributed by atoms with Gasteiger partial charge in [-0.3, -0.25) is 14.4 Å². The third kappa shape index (κ3) is 30.7. The number of carbonyl (C=O) groups is 4. The van der Waals surface area contributed by atoms with Crippen molar-refractivity contribution in [1.82, 2.24) is 10.6 Å². The fraction of sp³-hybridized carbons (Fsp3) is 0.842. The van der Waals surface area contributed by atoms with E-state index in [9.17, 15) is 19.2 Å². The Balaban J connectivity index is 3.92. The Labute approximate surface area is 286 Å². The van der Waals surface area contributed by atoms with Gasteiger partial charge in [0.25, 0.3) is 0 Å². The van der Waals surface area contributed by atoms with Crippen LogP contribution >= 0.6 is 0 Å². The van der Waals surface area contributed by atoms with Gasteiger partial charge >= 0.3 is 11.9 Å². The van der Waals surface area contributed by atoms with Crippen molar-refractivity contribution < 1.29 is 34.1 Å². The van der Waals surface area contributed by atoms with E-state index in [2.05, 4.69) is 36.6 Å². The van der Waals surface area contributed by atoms with Gasteiger partial charge in [-0.2, -0.15) is 0 Å². The molecule has 0 aliphatic rings. The van der Waals surface area contributed by atoms with E-state index in [0.29, 0.717) is 12.8 Å². The number of unbranched alkanes of at least 4 members (excludes halogenated alkanes) is 18. The Morgan fingerprint density at radius 3 is 1.64 bits per heavy atom. The minimum absolute atomic E-state index is 0.0788. The molecule has 274 valence electrons. The summed E-state index contributed by atoms with van der Waals surface area (Å²) < 4.78 is 5.85. The van der Waals surface area contributed by atoms with Crippen LogP contribution in [0.1, 0.15) is 181 Å². The van der Waals surface area contributed by atoms with E-state index in [1.54, 1.807) is 0 Å². The number of ether oxygens (including phenoxy) is 1. The summed E-state index contributed by atoms with van der Waals surface area (Å²) in [4.78, 5) is 47.2. The average Bonchev–Trinajstić information content (AvgIpc) is 3.05. The van der Waals surface area contributed by atoms with Gasteiger partial charge in [0.1, 0.15) is 12.1 Å². The Morgan fingerprint density at radius 1 is 0.617 bits per heavy atom. The van der Waals surface area contributed by atoms with Gasteiger partial charge in [0.2, 0.25) is 11.8 Å². The molecule has 0 saturated carbocycles. The number of hydrogen-bond acceptors (Lipinski definition) is 6. The molecule has 2 unspecified atom stereocenters. The number of aliphatic hydroxyl groups excluding tert-OH is 1. The smallest absolute Gasteiger partial charge is 0.328 e. The highest BCUT2D eigenvalue weighted by atomic mass is 16.5. The molecular formula is C38H70N2O7. The number of carboxylic acid groups (broad SMARTS) is 1. The van der Waals surface area contributed by atoms with Crippen molar-refractivity contribution in [3.63, 3.8) is 0 Å². The van der Waals surface area contributed by atoms with E-state index < -0.39 is 24.5 Å². The van der Waals surface area contributed by atoms with Gasteiger partial charge < -0.3 is 25.6 Å². The Morgan fingerprint density at radius 2 is 1.09 bits per heavy atom. The SMILES string of the molecule is CCCCCCCCC/C=C\CCCCCCCCCC(=O)OC(CCCCC)CCCCCC(=O)NCC(=O)NC(CO)C(=O)O. The van der Waals surface area contributed by atoms with E-state index >= 15 is 0 Å². The standard InChI is InChI=1S/C38H70N2O7/c1-3-5-7-8-9-10-11-12-13-14-15-16-17-18-19-20-21-26-30-37(44)47-33(27-23-6-4-2)28-24-22-25-29-35(42)39-31-36(43)40-34(32-41)38(45)46/h13-14,33-34,41H,3-12,15-32H2,1-2H3,(H,39,42)(H,40,43)(H,45,46)/b14-13-. The first kappa shape index (κ1) is 44.6. The average molecular weight is 667 g/mol. The quantitative estimate of drug-likeness (QED) is 0.0307. The molecule has 0 aromatic carbocycles. The maximum atomic E-state index is 12.5. The number of carbonyl (C=O) groups excluding carboxylic acids is 3. The van der Waals surface area contributed by atoms with Gasteiger partial charge in [-0.05, 0) is 64.2 Å². The van der Waals surface area contributed by atoms with Crippen LogP contribution in [0.15, 0.2) is 12.2 Å². The highest BCUT2D eigenvalue weighted by Crippen LogP contribution is 2.17. The van der Waals surface area contributed by atoms with Gasteiger partial charge in [0.05, 0.1) is 13.2 Å². The van der Waals surface area contributed by atoms with Crippen LogP contribution in [0.4, 0.5) is 0 Å². The molecule has 9 heteroatoms. The van der Waals surface area contributed by atoms with Crippen LogP contribution in [0, 0.1) is 0 Å². The van der Waals surface area contributed by atoms with E-state index in [1.807, 2.05) is 0 Å². The van der Waals surface area contributed by atoms with Crippen LogP contribution in [-0.2, 0) is 23.9 Å². The molecule has 2 atom stereocenters.